The van der Waals surface area contributed by atoms with E-state index in [1.54, 1.807) is 13.3 Å². The Balaban J connectivity index is 1.66. The lowest BCUT2D eigenvalue weighted by Crippen LogP contribution is -2.38. The molecule has 1 atom stereocenters. The van der Waals surface area contributed by atoms with Crippen LogP contribution in [-0.4, -0.2) is 36.7 Å². The Labute approximate surface area is 135 Å². The van der Waals surface area contributed by atoms with Gasteiger partial charge in [-0.1, -0.05) is 23.7 Å². The molecule has 116 valence electrons. The molecule has 1 aromatic carbocycles. The van der Waals surface area contributed by atoms with E-state index in [0.29, 0.717) is 0 Å². The SMILES string of the molecule is COc1ccnc(CN2CCOC(c3ccc(Cl)cc3)C2)c1. The van der Waals surface area contributed by atoms with Crippen LogP contribution in [0.25, 0.3) is 0 Å². The standard InChI is InChI=1S/C17H19ClN2O2/c1-21-16-6-7-19-15(10-16)11-20-8-9-22-17(12-20)13-2-4-14(18)5-3-13/h2-7,10,17H,8-9,11-12H2,1H3. The van der Waals surface area contributed by atoms with Crippen LogP contribution in [0.2, 0.25) is 5.02 Å². The maximum Gasteiger partial charge on any atom is 0.122 e. The first-order valence-corrected chi connectivity index (χ1v) is 7.71. The largest absolute Gasteiger partial charge is 0.497 e. The van der Waals surface area contributed by atoms with Gasteiger partial charge in [0.15, 0.2) is 0 Å². The Bertz CT molecular complexity index is 618. The molecule has 3 rings (SSSR count). The fraction of sp³-hybridized carbons (Fsp3) is 0.353. The summed E-state index contributed by atoms with van der Waals surface area (Å²) >= 11 is 5.94. The molecular weight excluding hydrogens is 300 g/mol. The van der Waals surface area contributed by atoms with Gasteiger partial charge in [0.1, 0.15) is 5.75 Å². The summed E-state index contributed by atoms with van der Waals surface area (Å²) in [5.74, 6) is 0.840. The molecule has 5 heteroatoms. The molecule has 4 nitrogen and oxygen atoms in total. The van der Waals surface area contributed by atoms with Crippen LogP contribution in [0.5, 0.6) is 5.75 Å². The van der Waals surface area contributed by atoms with Crippen molar-refractivity contribution in [2.24, 2.45) is 0 Å². The predicted octanol–water partition coefficient (Wildman–Crippen LogP) is 3.32. The third-order valence-corrected chi connectivity index (χ3v) is 4.05. The van der Waals surface area contributed by atoms with Crippen molar-refractivity contribution in [2.75, 3.05) is 26.8 Å². The van der Waals surface area contributed by atoms with Gasteiger partial charge in [-0.15, -0.1) is 0 Å². The lowest BCUT2D eigenvalue weighted by atomic mass is 10.1. The fourth-order valence-corrected chi connectivity index (χ4v) is 2.75. The Morgan fingerprint density at radius 1 is 1.32 bits per heavy atom. The average molecular weight is 319 g/mol. The molecule has 0 amide bonds. The van der Waals surface area contributed by atoms with Crippen LogP contribution in [-0.2, 0) is 11.3 Å². The second-order valence-corrected chi connectivity index (χ2v) is 5.77. The van der Waals surface area contributed by atoms with Crippen molar-refractivity contribution in [3.8, 4) is 5.75 Å². The van der Waals surface area contributed by atoms with Crippen molar-refractivity contribution in [1.82, 2.24) is 9.88 Å². The molecule has 0 spiro atoms. The third kappa shape index (κ3) is 3.77. The zero-order valence-corrected chi connectivity index (χ0v) is 13.3. The number of pyridine rings is 1. The number of methoxy groups -OCH3 is 1. The molecule has 0 N–H and O–H groups in total. The number of hydrogen-bond acceptors (Lipinski definition) is 4. The van der Waals surface area contributed by atoms with Crippen LogP contribution in [0.1, 0.15) is 17.4 Å². The van der Waals surface area contributed by atoms with Gasteiger partial charge in [-0.25, -0.2) is 0 Å². The van der Waals surface area contributed by atoms with Crippen molar-refractivity contribution in [2.45, 2.75) is 12.6 Å². The smallest absolute Gasteiger partial charge is 0.122 e. The molecule has 0 aliphatic carbocycles. The predicted molar refractivity (Wildman–Crippen MR) is 86.2 cm³/mol. The van der Waals surface area contributed by atoms with E-state index in [1.807, 2.05) is 36.4 Å². The van der Waals surface area contributed by atoms with E-state index in [2.05, 4.69) is 9.88 Å². The summed E-state index contributed by atoms with van der Waals surface area (Å²) in [5, 5.41) is 0.747. The molecule has 0 bridgehead atoms. The molecule has 1 aromatic heterocycles. The summed E-state index contributed by atoms with van der Waals surface area (Å²) in [5.41, 5.74) is 2.17. The van der Waals surface area contributed by atoms with E-state index in [9.17, 15) is 0 Å². The molecule has 1 fully saturated rings. The van der Waals surface area contributed by atoms with Crippen molar-refractivity contribution < 1.29 is 9.47 Å². The van der Waals surface area contributed by atoms with Gasteiger partial charge in [-0.3, -0.25) is 9.88 Å². The highest BCUT2D eigenvalue weighted by Gasteiger charge is 2.22. The van der Waals surface area contributed by atoms with Crippen LogP contribution >= 0.6 is 11.6 Å². The lowest BCUT2D eigenvalue weighted by Gasteiger charge is -2.33. The van der Waals surface area contributed by atoms with Gasteiger partial charge in [0.2, 0.25) is 0 Å². The number of benzene rings is 1. The topological polar surface area (TPSA) is 34.6 Å². The van der Waals surface area contributed by atoms with Gasteiger partial charge >= 0.3 is 0 Å². The number of rotatable bonds is 4. The molecule has 2 aromatic rings. The minimum Gasteiger partial charge on any atom is -0.497 e. The summed E-state index contributed by atoms with van der Waals surface area (Å²) < 4.78 is 11.1. The normalized spacial score (nSPS) is 19.1. The van der Waals surface area contributed by atoms with Crippen LogP contribution in [0.4, 0.5) is 0 Å². The number of nitrogens with zero attached hydrogens (tertiary/aromatic N) is 2. The first kappa shape index (κ1) is 15.3. The molecule has 1 aliphatic rings. The van der Waals surface area contributed by atoms with Gasteiger partial charge in [-0.05, 0) is 23.8 Å². The fourth-order valence-electron chi connectivity index (χ4n) is 2.62. The summed E-state index contributed by atoms with van der Waals surface area (Å²) in [6, 6.07) is 11.7. The summed E-state index contributed by atoms with van der Waals surface area (Å²) in [7, 11) is 1.67. The maximum absolute atomic E-state index is 5.94. The van der Waals surface area contributed by atoms with E-state index in [4.69, 9.17) is 21.1 Å². The van der Waals surface area contributed by atoms with Crippen LogP contribution in [0.15, 0.2) is 42.6 Å². The molecule has 2 heterocycles. The van der Waals surface area contributed by atoms with Crippen molar-refractivity contribution in [1.29, 1.82) is 0 Å². The number of hydrogen-bond donors (Lipinski definition) is 0. The van der Waals surface area contributed by atoms with Crippen molar-refractivity contribution in [3.05, 3.63) is 58.9 Å². The first-order chi connectivity index (χ1) is 10.7. The first-order valence-electron chi connectivity index (χ1n) is 7.33. The second-order valence-electron chi connectivity index (χ2n) is 5.33. The Kier molecular flexibility index (Phi) is 4.93. The quantitative estimate of drug-likeness (QED) is 0.866. The van der Waals surface area contributed by atoms with Crippen LogP contribution in [0.3, 0.4) is 0 Å². The molecule has 1 saturated heterocycles. The van der Waals surface area contributed by atoms with E-state index in [-0.39, 0.29) is 6.10 Å². The molecule has 22 heavy (non-hydrogen) atoms. The van der Waals surface area contributed by atoms with E-state index < -0.39 is 0 Å². The highest BCUT2D eigenvalue weighted by molar-refractivity contribution is 6.30. The number of morpholine rings is 1. The third-order valence-electron chi connectivity index (χ3n) is 3.80. The number of ether oxygens (including phenoxy) is 2. The van der Waals surface area contributed by atoms with Gasteiger partial charge in [-0.2, -0.15) is 0 Å². The second kappa shape index (κ2) is 7.09. The highest BCUT2D eigenvalue weighted by Crippen LogP contribution is 2.24. The average Bonchev–Trinajstić information content (AvgIpc) is 2.56. The maximum atomic E-state index is 5.94. The zero-order chi connectivity index (χ0) is 15.4. The Morgan fingerprint density at radius 3 is 2.91 bits per heavy atom. The van der Waals surface area contributed by atoms with Gasteiger partial charge in [0.25, 0.3) is 0 Å². The summed E-state index contributed by atoms with van der Waals surface area (Å²) in [4.78, 5) is 6.76. The minimum atomic E-state index is 0.0802. The van der Waals surface area contributed by atoms with E-state index in [1.165, 1.54) is 0 Å². The van der Waals surface area contributed by atoms with Gasteiger partial charge in [0.05, 0.1) is 25.5 Å². The minimum absolute atomic E-state index is 0.0802. The van der Waals surface area contributed by atoms with Crippen LogP contribution < -0.4 is 4.74 Å². The monoisotopic (exact) mass is 318 g/mol. The number of aromatic nitrogens is 1. The molecule has 1 unspecified atom stereocenters. The zero-order valence-electron chi connectivity index (χ0n) is 12.5. The highest BCUT2D eigenvalue weighted by atomic mass is 35.5. The Hall–Kier alpha value is -1.62. The Morgan fingerprint density at radius 2 is 2.14 bits per heavy atom. The van der Waals surface area contributed by atoms with Crippen molar-refractivity contribution >= 4 is 11.6 Å². The summed E-state index contributed by atoms with van der Waals surface area (Å²) in [6.07, 6.45) is 1.86. The van der Waals surface area contributed by atoms with E-state index >= 15 is 0 Å². The molecule has 0 saturated carbocycles. The van der Waals surface area contributed by atoms with E-state index in [0.717, 1.165) is 48.3 Å². The lowest BCUT2D eigenvalue weighted by molar-refractivity contribution is -0.0332. The molecular formula is C17H19ClN2O2. The molecule has 1 aliphatic heterocycles. The van der Waals surface area contributed by atoms with Gasteiger partial charge < -0.3 is 9.47 Å². The van der Waals surface area contributed by atoms with Gasteiger partial charge in [0, 0.05) is 36.9 Å². The summed E-state index contributed by atoms with van der Waals surface area (Å²) in [6.45, 7) is 3.27. The molecule has 0 radical (unpaired) electrons. The van der Waals surface area contributed by atoms with Crippen LogP contribution in [0, 0.1) is 0 Å². The van der Waals surface area contributed by atoms with Crippen molar-refractivity contribution in [3.63, 3.8) is 0 Å². The number of halogens is 1.